The standard InChI is InChI=1S/C6H12NO3P/c1-9-6(8)5-7-3-2-4-10-11-7/h11H,2-5H2,1H3. The van der Waals surface area contributed by atoms with Gasteiger partial charge in [0.2, 0.25) is 0 Å². The van der Waals surface area contributed by atoms with E-state index in [1.54, 1.807) is 0 Å². The van der Waals surface area contributed by atoms with Gasteiger partial charge in [-0.3, -0.25) is 9.46 Å². The average Bonchev–Trinajstić information content (AvgIpc) is 2.06. The van der Waals surface area contributed by atoms with Crippen molar-refractivity contribution in [2.45, 2.75) is 6.42 Å². The quantitative estimate of drug-likeness (QED) is 0.451. The minimum absolute atomic E-state index is 0.192. The molecule has 0 aromatic carbocycles. The molecule has 1 aliphatic heterocycles. The molecule has 1 heterocycles. The predicted molar refractivity (Wildman–Crippen MR) is 42.5 cm³/mol. The lowest BCUT2D eigenvalue weighted by molar-refractivity contribution is -0.140. The second-order valence-electron chi connectivity index (χ2n) is 2.29. The Hall–Kier alpha value is -0.180. The van der Waals surface area contributed by atoms with Crippen LogP contribution in [-0.2, 0) is 14.1 Å². The zero-order chi connectivity index (χ0) is 8.10. The molecule has 0 aliphatic carbocycles. The topological polar surface area (TPSA) is 38.8 Å². The molecule has 1 saturated heterocycles. The Morgan fingerprint density at radius 2 is 2.64 bits per heavy atom. The van der Waals surface area contributed by atoms with E-state index in [1.165, 1.54) is 7.11 Å². The second kappa shape index (κ2) is 4.65. The molecule has 0 amide bonds. The number of nitrogens with zero attached hydrogens (tertiary/aromatic N) is 1. The van der Waals surface area contributed by atoms with E-state index in [0.717, 1.165) is 19.6 Å². The number of carbonyl (C=O) groups is 1. The fraction of sp³-hybridized carbons (Fsp3) is 0.833. The van der Waals surface area contributed by atoms with Crippen molar-refractivity contribution in [3.05, 3.63) is 0 Å². The first-order chi connectivity index (χ1) is 5.33. The minimum Gasteiger partial charge on any atom is -0.468 e. The van der Waals surface area contributed by atoms with Gasteiger partial charge in [0.1, 0.15) is 6.54 Å². The Labute approximate surface area is 67.8 Å². The van der Waals surface area contributed by atoms with Crippen LogP contribution in [0.3, 0.4) is 0 Å². The molecule has 0 spiro atoms. The molecule has 0 bridgehead atoms. The summed E-state index contributed by atoms with van der Waals surface area (Å²) >= 11 is 0. The zero-order valence-electron chi connectivity index (χ0n) is 6.50. The Balaban J connectivity index is 2.19. The van der Waals surface area contributed by atoms with Crippen LogP contribution >= 0.6 is 8.96 Å². The van der Waals surface area contributed by atoms with Crippen LogP contribution in [0.5, 0.6) is 0 Å². The van der Waals surface area contributed by atoms with Gasteiger partial charge in [-0.25, -0.2) is 0 Å². The highest BCUT2D eigenvalue weighted by Crippen LogP contribution is 2.23. The number of hydrogen-bond donors (Lipinski definition) is 0. The number of rotatable bonds is 2. The van der Waals surface area contributed by atoms with Crippen LogP contribution in [0.1, 0.15) is 6.42 Å². The van der Waals surface area contributed by atoms with Crippen molar-refractivity contribution in [2.75, 3.05) is 26.8 Å². The summed E-state index contributed by atoms with van der Waals surface area (Å²) in [4.78, 5) is 10.8. The van der Waals surface area contributed by atoms with E-state index in [9.17, 15) is 4.79 Å². The molecule has 1 fully saturated rings. The molecule has 0 radical (unpaired) electrons. The molecule has 64 valence electrons. The maximum Gasteiger partial charge on any atom is 0.320 e. The van der Waals surface area contributed by atoms with Crippen molar-refractivity contribution >= 4 is 14.9 Å². The summed E-state index contributed by atoms with van der Waals surface area (Å²) in [7, 11) is 1.72. The highest BCUT2D eigenvalue weighted by atomic mass is 31.1. The summed E-state index contributed by atoms with van der Waals surface area (Å²) in [6.07, 6.45) is 1.00. The Bertz CT molecular complexity index is 136. The van der Waals surface area contributed by atoms with Gasteiger partial charge >= 0.3 is 5.97 Å². The van der Waals surface area contributed by atoms with Gasteiger partial charge in [-0.15, -0.1) is 0 Å². The molecule has 11 heavy (non-hydrogen) atoms. The van der Waals surface area contributed by atoms with Gasteiger partial charge < -0.3 is 9.26 Å². The maximum absolute atomic E-state index is 10.8. The van der Waals surface area contributed by atoms with E-state index in [0.29, 0.717) is 15.5 Å². The molecule has 1 aliphatic rings. The lowest BCUT2D eigenvalue weighted by Crippen LogP contribution is -2.28. The summed E-state index contributed by atoms with van der Waals surface area (Å²) in [6, 6.07) is 0. The number of ether oxygens (including phenoxy) is 1. The molecular formula is C6H12NO3P. The van der Waals surface area contributed by atoms with Crippen LogP contribution in [0.2, 0.25) is 0 Å². The van der Waals surface area contributed by atoms with Gasteiger partial charge in [0.25, 0.3) is 0 Å². The molecule has 0 aromatic rings. The number of carbonyl (C=O) groups excluding carboxylic acids is 1. The normalized spacial score (nSPS) is 21.9. The smallest absolute Gasteiger partial charge is 0.320 e. The third-order valence-electron chi connectivity index (χ3n) is 1.42. The van der Waals surface area contributed by atoms with Crippen molar-refractivity contribution < 1.29 is 14.1 Å². The van der Waals surface area contributed by atoms with E-state index in [2.05, 4.69) is 4.74 Å². The van der Waals surface area contributed by atoms with Crippen LogP contribution in [0.4, 0.5) is 0 Å². The first-order valence-corrected chi connectivity index (χ1v) is 4.37. The monoisotopic (exact) mass is 177 g/mol. The number of methoxy groups -OCH3 is 1. The SMILES string of the molecule is COC(=O)CN1CCCOP1. The lowest BCUT2D eigenvalue weighted by atomic mass is 10.4. The third-order valence-corrected chi connectivity index (χ3v) is 2.39. The van der Waals surface area contributed by atoms with Gasteiger partial charge in [-0.1, -0.05) is 0 Å². The molecule has 0 aromatic heterocycles. The Morgan fingerprint density at radius 1 is 1.82 bits per heavy atom. The predicted octanol–water partition coefficient (Wildman–Crippen LogP) is 0.390. The first kappa shape index (κ1) is 8.91. The van der Waals surface area contributed by atoms with Crippen LogP contribution in [0.15, 0.2) is 0 Å². The van der Waals surface area contributed by atoms with Crippen LogP contribution in [0.25, 0.3) is 0 Å². The third kappa shape index (κ3) is 3.14. The van der Waals surface area contributed by atoms with E-state index in [4.69, 9.17) is 4.52 Å². The second-order valence-corrected chi connectivity index (χ2v) is 3.39. The molecule has 0 saturated carbocycles. The molecule has 5 heteroatoms. The van der Waals surface area contributed by atoms with Crippen LogP contribution in [-0.4, -0.2) is 37.4 Å². The van der Waals surface area contributed by atoms with Gasteiger partial charge in [-0.05, 0) is 6.42 Å². The van der Waals surface area contributed by atoms with E-state index >= 15 is 0 Å². The number of hydrogen-bond acceptors (Lipinski definition) is 4. The summed E-state index contributed by atoms with van der Waals surface area (Å²) in [5.41, 5.74) is 0. The van der Waals surface area contributed by atoms with Crippen molar-refractivity contribution in [1.82, 2.24) is 4.67 Å². The molecular weight excluding hydrogens is 165 g/mol. The van der Waals surface area contributed by atoms with Crippen molar-refractivity contribution in [3.8, 4) is 0 Å². The van der Waals surface area contributed by atoms with E-state index in [1.807, 2.05) is 4.67 Å². The van der Waals surface area contributed by atoms with Crippen molar-refractivity contribution in [1.29, 1.82) is 0 Å². The van der Waals surface area contributed by atoms with E-state index in [-0.39, 0.29) is 5.97 Å². The van der Waals surface area contributed by atoms with Gasteiger partial charge in [0, 0.05) is 6.54 Å². The van der Waals surface area contributed by atoms with Gasteiger partial charge in [0.05, 0.1) is 22.7 Å². The van der Waals surface area contributed by atoms with Gasteiger partial charge in [-0.2, -0.15) is 0 Å². The number of esters is 1. The first-order valence-electron chi connectivity index (χ1n) is 3.52. The minimum atomic E-state index is -0.192. The van der Waals surface area contributed by atoms with Crippen molar-refractivity contribution in [3.63, 3.8) is 0 Å². The fourth-order valence-electron chi connectivity index (χ4n) is 0.842. The highest BCUT2D eigenvalue weighted by Gasteiger charge is 2.14. The molecule has 1 rings (SSSR count). The Kier molecular flexibility index (Phi) is 3.77. The van der Waals surface area contributed by atoms with Gasteiger partial charge in [0.15, 0.2) is 0 Å². The van der Waals surface area contributed by atoms with Crippen LogP contribution < -0.4 is 0 Å². The molecule has 0 N–H and O–H groups in total. The summed E-state index contributed by atoms with van der Waals surface area (Å²) < 4.78 is 11.6. The molecule has 1 atom stereocenters. The van der Waals surface area contributed by atoms with Crippen molar-refractivity contribution in [2.24, 2.45) is 0 Å². The summed E-state index contributed by atoms with van der Waals surface area (Å²) in [5, 5.41) is 0. The maximum atomic E-state index is 10.8. The summed E-state index contributed by atoms with van der Waals surface area (Å²) in [6.45, 7) is 2.11. The largest absolute Gasteiger partial charge is 0.468 e. The Morgan fingerprint density at radius 3 is 3.18 bits per heavy atom. The lowest BCUT2D eigenvalue weighted by Gasteiger charge is -2.24. The highest BCUT2D eigenvalue weighted by molar-refractivity contribution is 7.29. The molecule has 4 nitrogen and oxygen atoms in total. The zero-order valence-corrected chi connectivity index (χ0v) is 7.50. The van der Waals surface area contributed by atoms with E-state index < -0.39 is 0 Å². The molecule has 1 unspecified atom stereocenters. The summed E-state index contributed by atoms with van der Waals surface area (Å²) in [5.74, 6) is -0.192. The average molecular weight is 177 g/mol. The fourth-order valence-corrected chi connectivity index (χ4v) is 1.70. The van der Waals surface area contributed by atoms with Crippen LogP contribution in [0, 0.1) is 0 Å².